The molecule has 0 aromatic carbocycles. The van der Waals surface area contributed by atoms with Crippen LogP contribution in [0.5, 0.6) is 0 Å². The number of esters is 2. The quantitative estimate of drug-likeness (QED) is 0.567. The maximum atomic E-state index is 12.1. The third kappa shape index (κ3) is 4.92. The van der Waals surface area contributed by atoms with E-state index >= 15 is 0 Å². The van der Waals surface area contributed by atoms with E-state index in [9.17, 15) is 19.2 Å². The van der Waals surface area contributed by atoms with Crippen molar-refractivity contribution in [2.45, 2.75) is 20.8 Å². The van der Waals surface area contributed by atoms with E-state index in [1.54, 1.807) is 13.8 Å². The molecule has 0 atom stereocenters. The Morgan fingerprint density at radius 3 is 2.21 bits per heavy atom. The molecule has 1 rings (SSSR count). The Morgan fingerprint density at radius 2 is 1.67 bits per heavy atom. The maximum Gasteiger partial charge on any atom is 0.348 e. The maximum absolute atomic E-state index is 12.1. The van der Waals surface area contributed by atoms with Crippen LogP contribution < -0.4 is 5.32 Å². The number of carboxylic acid groups (broad SMARTS) is 1. The van der Waals surface area contributed by atoms with E-state index in [1.807, 2.05) is 0 Å². The molecule has 0 spiro atoms. The van der Waals surface area contributed by atoms with Crippen molar-refractivity contribution in [3.63, 3.8) is 0 Å². The lowest BCUT2D eigenvalue weighted by molar-refractivity contribution is -0.131. The number of hydrogen-bond acceptors (Lipinski definition) is 7. The largest absolute Gasteiger partial charge is 0.478 e. The number of rotatable bonds is 7. The van der Waals surface area contributed by atoms with Gasteiger partial charge in [0.1, 0.15) is 9.88 Å². The van der Waals surface area contributed by atoms with E-state index < -0.39 is 23.8 Å². The van der Waals surface area contributed by atoms with E-state index in [-0.39, 0.29) is 28.7 Å². The molecular formula is C15H17NO7S. The predicted molar refractivity (Wildman–Crippen MR) is 86.4 cm³/mol. The molecule has 24 heavy (non-hydrogen) atoms. The van der Waals surface area contributed by atoms with Crippen LogP contribution in [-0.2, 0) is 19.1 Å². The molecule has 0 saturated heterocycles. The number of nitrogens with one attached hydrogen (secondary N) is 1. The average molecular weight is 355 g/mol. The van der Waals surface area contributed by atoms with Gasteiger partial charge in [0.05, 0.1) is 18.8 Å². The summed E-state index contributed by atoms with van der Waals surface area (Å²) >= 11 is 0.862. The van der Waals surface area contributed by atoms with Gasteiger partial charge in [-0.2, -0.15) is 0 Å². The second-order valence-electron chi connectivity index (χ2n) is 4.36. The molecule has 130 valence electrons. The summed E-state index contributed by atoms with van der Waals surface area (Å²) in [5.41, 5.74) is 0.372. The van der Waals surface area contributed by atoms with Crippen LogP contribution in [0.2, 0.25) is 0 Å². The highest BCUT2D eigenvalue weighted by Crippen LogP contribution is 2.34. The number of ether oxygens (including phenoxy) is 2. The molecule has 1 aromatic heterocycles. The molecule has 0 bridgehead atoms. The van der Waals surface area contributed by atoms with Crippen LogP contribution in [0.3, 0.4) is 0 Å². The molecule has 0 aliphatic heterocycles. The first-order chi connectivity index (χ1) is 11.3. The lowest BCUT2D eigenvalue weighted by atomic mass is 10.1. The molecule has 1 amide bonds. The zero-order valence-corrected chi connectivity index (χ0v) is 14.2. The average Bonchev–Trinajstić information content (AvgIpc) is 2.82. The molecule has 1 heterocycles. The monoisotopic (exact) mass is 355 g/mol. The SMILES string of the molecule is CCOC(=O)c1sc(NC(=O)/C=C/C(=O)O)c(C(=O)OCC)c1C. The van der Waals surface area contributed by atoms with Crippen molar-refractivity contribution in [2.24, 2.45) is 0 Å². The van der Waals surface area contributed by atoms with Crippen molar-refractivity contribution in [1.82, 2.24) is 0 Å². The Bertz CT molecular complexity index is 690. The van der Waals surface area contributed by atoms with Gasteiger partial charge in [0.25, 0.3) is 0 Å². The van der Waals surface area contributed by atoms with Crippen LogP contribution in [0.1, 0.15) is 39.4 Å². The molecule has 0 fully saturated rings. The fraction of sp³-hybridized carbons (Fsp3) is 0.333. The number of carbonyl (C=O) groups is 4. The van der Waals surface area contributed by atoms with E-state index in [2.05, 4.69) is 5.32 Å². The Balaban J connectivity index is 3.23. The van der Waals surface area contributed by atoms with Gasteiger partial charge in [0.15, 0.2) is 0 Å². The zero-order valence-electron chi connectivity index (χ0n) is 13.4. The summed E-state index contributed by atoms with van der Waals surface area (Å²) in [7, 11) is 0. The van der Waals surface area contributed by atoms with Gasteiger partial charge in [-0.15, -0.1) is 11.3 Å². The van der Waals surface area contributed by atoms with Crippen molar-refractivity contribution in [2.75, 3.05) is 18.5 Å². The van der Waals surface area contributed by atoms with Crippen LogP contribution in [0.4, 0.5) is 5.00 Å². The molecule has 0 aliphatic carbocycles. The minimum Gasteiger partial charge on any atom is -0.478 e. The van der Waals surface area contributed by atoms with Crippen LogP contribution in [0.15, 0.2) is 12.2 Å². The van der Waals surface area contributed by atoms with E-state index in [0.29, 0.717) is 11.6 Å². The molecule has 0 aliphatic rings. The van der Waals surface area contributed by atoms with Crippen LogP contribution in [0.25, 0.3) is 0 Å². The number of carbonyl (C=O) groups excluding carboxylic acids is 3. The summed E-state index contributed by atoms with van der Waals surface area (Å²) in [6.45, 7) is 5.09. The highest BCUT2D eigenvalue weighted by Gasteiger charge is 2.26. The highest BCUT2D eigenvalue weighted by atomic mass is 32.1. The molecule has 9 heteroatoms. The summed E-state index contributed by atoms with van der Waals surface area (Å²) in [6, 6.07) is 0. The zero-order chi connectivity index (χ0) is 18.3. The first-order valence-electron chi connectivity index (χ1n) is 7.01. The Hall–Kier alpha value is -2.68. The summed E-state index contributed by atoms with van der Waals surface area (Å²) in [4.78, 5) is 46.4. The molecule has 0 radical (unpaired) electrons. The minimum absolute atomic E-state index is 0.0435. The van der Waals surface area contributed by atoms with Crippen molar-refractivity contribution in [1.29, 1.82) is 0 Å². The Labute approximate surface area is 142 Å². The summed E-state index contributed by atoms with van der Waals surface area (Å²) in [5.74, 6) is -3.35. The number of thiophene rings is 1. The second kappa shape index (κ2) is 8.82. The lowest BCUT2D eigenvalue weighted by Gasteiger charge is -2.05. The van der Waals surface area contributed by atoms with Crippen molar-refractivity contribution in [3.05, 3.63) is 28.2 Å². The number of anilines is 1. The fourth-order valence-corrected chi connectivity index (χ4v) is 2.83. The third-order valence-electron chi connectivity index (χ3n) is 2.70. The number of amides is 1. The van der Waals surface area contributed by atoms with E-state index in [1.165, 1.54) is 6.92 Å². The number of aliphatic carboxylic acids is 1. The van der Waals surface area contributed by atoms with Crippen molar-refractivity contribution < 1.29 is 33.8 Å². The Kier molecular flexibility index (Phi) is 7.12. The smallest absolute Gasteiger partial charge is 0.348 e. The predicted octanol–water partition coefficient (Wildman–Crippen LogP) is 1.99. The highest BCUT2D eigenvalue weighted by molar-refractivity contribution is 7.18. The van der Waals surface area contributed by atoms with Gasteiger partial charge in [0.2, 0.25) is 5.91 Å². The molecular weight excluding hydrogens is 338 g/mol. The molecule has 2 N–H and O–H groups in total. The standard InChI is InChI=1S/C15H17NO7S/c1-4-22-14(20)11-8(3)12(15(21)23-5-2)24-13(11)16-9(17)6-7-10(18)19/h6-7H,4-5H2,1-3H3,(H,16,17)(H,18,19)/b7-6+. The molecule has 0 saturated carbocycles. The van der Waals surface area contributed by atoms with Gasteiger partial charge in [-0.05, 0) is 26.3 Å². The third-order valence-corrected chi connectivity index (χ3v) is 3.89. The molecule has 1 aromatic rings. The van der Waals surface area contributed by atoms with Gasteiger partial charge < -0.3 is 19.9 Å². The molecule has 0 unspecified atom stereocenters. The fourth-order valence-electron chi connectivity index (χ4n) is 1.74. The van der Waals surface area contributed by atoms with Gasteiger partial charge in [-0.1, -0.05) is 0 Å². The topological polar surface area (TPSA) is 119 Å². The van der Waals surface area contributed by atoms with Crippen LogP contribution >= 0.6 is 11.3 Å². The summed E-state index contributed by atoms with van der Waals surface area (Å²) < 4.78 is 9.85. The van der Waals surface area contributed by atoms with Gasteiger partial charge in [0, 0.05) is 12.2 Å². The lowest BCUT2D eigenvalue weighted by Crippen LogP contribution is -2.13. The summed E-state index contributed by atoms with van der Waals surface area (Å²) in [6.07, 6.45) is 1.46. The number of carboxylic acids is 1. The van der Waals surface area contributed by atoms with E-state index in [4.69, 9.17) is 14.6 Å². The second-order valence-corrected chi connectivity index (χ2v) is 5.38. The van der Waals surface area contributed by atoms with Crippen molar-refractivity contribution in [3.8, 4) is 0 Å². The molecule has 8 nitrogen and oxygen atoms in total. The van der Waals surface area contributed by atoms with Gasteiger partial charge in [-0.25, -0.2) is 14.4 Å². The van der Waals surface area contributed by atoms with Crippen molar-refractivity contribution >= 4 is 40.2 Å². The van der Waals surface area contributed by atoms with Crippen LogP contribution in [0, 0.1) is 6.92 Å². The first kappa shape index (κ1) is 19.4. The first-order valence-corrected chi connectivity index (χ1v) is 7.83. The number of hydrogen-bond donors (Lipinski definition) is 2. The Morgan fingerprint density at radius 1 is 1.08 bits per heavy atom. The van der Waals surface area contributed by atoms with E-state index in [0.717, 1.165) is 17.4 Å². The van der Waals surface area contributed by atoms with Gasteiger partial charge >= 0.3 is 17.9 Å². The minimum atomic E-state index is -1.29. The summed E-state index contributed by atoms with van der Waals surface area (Å²) in [5, 5.41) is 11.0. The normalized spacial score (nSPS) is 10.5. The van der Waals surface area contributed by atoms with Gasteiger partial charge in [-0.3, -0.25) is 4.79 Å². The van der Waals surface area contributed by atoms with Crippen LogP contribution in [-0.4, -0.2) is 42.1 Å².